The average molecular weight is 276 g/mol. The molecule has 1 N–H and O–H groups in total. The van der Waals surface area contributed by atoms with Crippen LogP contribution < -0.4 is 4.31 Å². The summed E-state index contributed by atoms with van der Waals surface area (Å²) in [5.74, 6) is -1.14. The van der Waals surface area contributed by atoms with Gasteiger partial charge in [-0.2, -0.15) is 0 Å². The number of carboxylic acids is 1. The minimum absolute atomic E-state index is 0.0503. The van der Waals surface area contributed by atoms with E-state index in [1.807, 2.05) is 0 Å². The highest BCUT2D eigenvalue weighted by molar-refractivity contribution is 7.93. The number of nitrogens with zero attached hydrogens (tertiary/aromatic N) is 1. The summed E-state index contributed by atoms with van der Waals surface area (Å²) in [6.07, 6.45) is 0.504. The second-order valence-corrected chi connectivity index (χ2v) is 6.16. The molecule has 1 fully saturated rings. The zero-order valence-electron chi connectivity index (χ0n) is 8.76. The fourth-order valence-corrected chi connectivity index (χ4v) is 3.56. The fourth-order valence-electron chi connectivity index (χ4n) is 1.81. The van der Waals surface area contributed by atoms with Crippen LogP contribution in [-0.2, 0) is 10.0 Å². The van der Waals surface area contributed by atoms with E-state index in [0.29, 0.717) is 13.0 Å². The Morgan fingerprint density at radius 3 is 2.65 bits per heavy atom. The molecule has 0 aliphatic carbocycles. The number of sulfonamides is 1. The maximum absolute atomic E-state index is 11.7. The van der Waals surface area contributed by atoms with Gasteiger partial charge >= 0.3 is 5.97 Å². The molecule has 0 amide bonds. The van der Waals surface area contributed by atoms with E-state index in [0.717, 1.165) is 4.31 Å². The maximum Gasteiger partial charge on any atom is 0.337 e. The van der Waals surface area contributed by atoms with Crippen molar-refractivity contribution in [2.45, 2.75) is 6.42 Å². The van der Waals surface area contributed by atoms with Crippen molar-refractivity contribution in [3.05, 3.63) is 28.8 Å². The molecule has 0 bridgehead atoms. The molecule has 0 aromatic heterocycles. The highest BCUT2D eigenvalue weighted by atomic mass is 35.5. The Morgan fingerprint density at radius 1 is 1.41 bits per heavy atom. The van der Waals surface area contributed by atoms with Gasteiger partial charge < -0.3 is 5.11 Å². The van der Waals surface area contributed by atoms with Crippen molar-refractivity contribution in [1.29, 1.82) is 0 Å². The van der Waals surface area contributed by atoms with Crippen LogP contribution in [0, 0.1) is 0 Å². The first kappa shape index (κ1) is 12.2. The first-order chi connectivity index (χ1) is 7.92. The number of anilines is 1. The molecule has 17 heavy (non-hydrogen) atoms. The summed E-state index contributed by atoms with van der Waals surface area (Å²) in [5.41, 5.74) is 0.0855. The largest absolute Gasteiger partial charge is 0.478 e. The van der Waals surface area contributed by atoms with Crippen molar-refractivity contribution in [3.8, 4) is 0 Å². The van der Waals surface area contributed by atoms with Gasteiger partial charge in [-0.05, 0) is 24.6 Å². The third kappa shape index (κ3) is 2.23. The molecule has 1 aliphatic heterocycles. The maximum atomic E-state index is 11.7. The van der Waals surface area contributed by atoms with E-state index in [1.54, 1.807) is 0 Å². The lowest BCUT2D eigenvalue weighted by Gasteiger charge is -2.19. The molecule has 5 nitrogen and oxygen atoms in total. The minimum atomic E-state index is -3.38. The summed E-state index contributed by atoms with van der Waals surface area (Å²) in [7, 11) is -3.38. The topological polar surface area (TPSA) is 74.7 Å². The standard InChI is InChI=1S/C10H10ClNO4S/c11-7-2-3-9(8(6-7)10(13)14)12-4-1-5-17(12,15)16/h2-3,6H,1,4-5H2,(H,13,14). The van der Waals surface area contributed by atoms with E-state index < -0.39 is 16.0 Å². The second kappa shape index (κ2) is 4.19. The van der Waals surface area contributed by atoms with Crippen molar-refractivity contribution >= 4 is 33.3 Å². The van der Waals surface area contributed by atoms with Crippen molar-refractivity contribution < 1.29 is 18.3 Å². The van der Waals surface area contributed by atoms with Crippen LogP contribution in [0.25, 0.3) is 0 Å². The van der Waals surface area contributed by atoms with Crippen LogP contribution in [0.3, 0.4) is 0 Å². The van der Waals surface area contributed by atoms with Crippen LogP contribution in [0.4, 0.5) is 5.69 Å². The Kier molecular flexibility index (Phi) is 3.01. The van der Waals surface area contributed by atoms with Gasteiger partial charge in [-0.3, -0.25) is 4.31 Å². The van der Waals surface area contributed by atoms with E-state index >= 15 is 0 Å². The lowest BCUT2D eigenvalue weighted by molar-refractivity contribution is 0.0698. The summed E-state index contributed by atoms with van der Waals surface area (Å²) < 4.78 is 24.6. The molecule has 2 rings (SSSR count). The van der Waals surface area contributed by atoms with Gasteiger partial charge in [0.05, 0.1) is 17.0 Å². The number of hydrogen-bond donors (Lipinski definition) is 1. The molecule has 0 atom stereocenters. The molecule has 0 saturated carbocycles. The van der Waals surface area contributed by atoms with Gasteiger partial charge in [-0.25, -0.2) is 13.2 Å². The molecular weight excluding hydrogens is 266 g/mol. The third-order valence-electron chi connectivity index (χ3n) is 2.56. The molecule has 1 aliphatic rings. The fraction of sp³-hybridized carbons (Fsp3) is 0.300. The van der Waals surface area contributed by atoms with Gasteiger partial charge in [0.1, 0.15) is 0 Å². The van der Waals surface area contributed by atoms with Gasteiger partial charge in [0.2, 0.25) is 10.0 Å². The van der Waals surface area contributed by atoms with Crippen molar-refractivity contribution in [2.75, 3.05) is 16.6 Å². The third-order valence-corrected chi connectivity index (χ3v) is 4.65. The second-order valence-electron chi connectivity index (χ2n) is 3.71. The van der Waals surface area contributed by atoms with Gasteiger partial charge in [0.25, 0.3) is 0 Å². The molecule has 0 unspecified atom stereocenters. The Bertz CT molecular complexity index is 570. The van der Waals surface area contributed by atoms with Crippen molar-refractivity contribution in [3.63, 3.8) is 0 Å². The van der Waals surface area contributed by atoms with Crippen molar-refractivity contribution in [1.82, 2.24) is 0 Å². The van der Waals surface area contributed by atoms with Gasteiger partial charge in [0, 0.05) is 11.6 Å². The SMILES string of the molecule is O=C(O)c1cc(Cl)ccc1N1CCCS1(=O)=O. The summed E-state index contributed by atoms with van der Waals surface area (Å²) in [4.78, 5) is 11.1. The van der Waals surface area contributed by atoms with Gasteiger partial charge in [-0.15, -0.1) is 0 Å². The van der Waals surface area contributed by atoms with Crippen LogP contribution in [-0.4, -0.2) is 31.8 Å². The number of carbonyl (C=O) groups is 1. The number of rotatable bonds is 2. The molecular formula is C10H10ClNO4S. The Labute approximate surface area is 104 Å². The Hall–Kier alpha value is -1.27. The highest BCUT2D eigenvalue weighted by Crippen LogP contribution is 2.29. The molecule has 1 aromatic rings. The molecule has 0 spiro atoms. The monoisotopic (exact) mass is 275 g/mol. The van der Waals surface area contributed by atoms with Crippen LogP contribution >= 0.6 is 11.6 Å². The average Bonchev–Trinajstić information content (AvgIpc) is 2.58. The summed E-state index contributed by atoms with van der Waals surface area (Å²) in [6, 6.07) is 4.17. The zero-order valence-corrected chi connectivity index (χ0v) is 10.3. The summed E-state index contributed by atoms with van der Waals surface area (Å²) >= 11 is 5.71. The minimum Gasteiger partial charge on any atom is -0.478 e. The molecule has 1 heterocycles. The molecule has 1 saturated heterocycles. The number of halogens is 1. The highest BCUT2D eigenvalue weighted by Gasteiger charge is 2.31. The van der Waals surface area contributed by atoms with Crippen LogP contribution in [0.5, 0.6) is 0 Å². The molecule has 0 radical (unpaired) electrons. The van der Waals surface area contributed by atoms with E-state index in [2.05, 4.69) is 0 Å². The van der Waals surface area contributed by atoms with E-state index in [-0.39, 0.29) is 22.0 Å². The molecule has 7 heteroatoms. The predicted octanol–water partition coefficient (Wildman–Crippen LogP) is 1.58. The number of carboxylic acid groups (broad SMARTS) is 1. The Balaban J connectivity index is 2.56. The van der Waals surface area contributed by atoms with Crippen molar-refractivity contribution in [2.24, 2.45) is 0 Å². The van der Waals surface area contributed by atoms with E-state index in [9.17, 15) is 13.2 Å². The number of aromatic carboxylic acids is 1. The van der Waals surface area contributed by atoms with Crippen LogP contribution in [0.1, 0.15) is 16.8 Å². The quantitative estimate of drug-likeness (QED) is 0.889. The zero-order chi connectivity index (χ0) is 12.6. The van der Waals surface area contributed by atoms with E-state index in [1.165, 1.54) is 18.2 Å². The van der Waals surface area contributed by atoms with E-state index in [4.69, 9.17) is 16.7 Å². The number of benzene rings is 1. The van der Waals surface area contributed by atoms with Crippen LogP contribution in [0.15, 0.2) is 18.2 Å². The summed E-state index contributed by atoms with van der Waals surface area (Å²) in [6.45, 7) is 0.310. The normalized spacial score (nSPS) is 18.3. The predicted molar refractivity (Wildman–Crippen MR) is 64.2 cm³/mol. The first-order valence-electron chi connectivity index (χ1n) is 4.95. The summed E-state index contributed by atoms with van der Waals surface area (Å²) in [5, 5.41) is 9.31. The Morgan fingerprint density at radius 2 is 2.12 bits per heavy atom. The van der Waals surface area contributed by atoms with Gasteiger partial charge in [-0.1, -0.05) is 11.6 Å². The number of hydrogen-bond acceptors (Lipinski definition) is 3. The molecule has 92 valence electrons. The lowest BCUT2D eigenvalue weighted by Crippen LogP contribution is -2.26. The molecule has 1 aromatic carbocycles. The van der Waals surface area contributed by atoms with Crippen LogP contribution in [0.2, 0.25) is 5.02 Å². The van der Waals surface area contributed by atoms with Gasteiger partial charge in [0.15, 0.2) is 0 Å². The lowest BCUT2D eigenvalue weighted by atomic mass is 10.2. The smallest absolute Gasteiger partial charge is 0.337 e. The first-order valence-corrected chi connectivity index (χ1v) is 6.94.